The SMILES string of the molecule is CC[C@H]1Oc2cc(S(=O)(=O)N3CCC[C@@H](C(=O)N(CC)CC)C3)c(C)cc2NC1=O. The minimum atomic E-state index is -3.80. The zero-order valence-corrected chi connectivity index (χ0v) is 18.9. The Morgan fingerprint density at radius 1 is 1.27 bits per heavy atom. The number of nitrogens with one attached hydrogen (secondary N) is 1. The average Bonchev–Trinajstić information content (AvgIpc) is 2.73. The Hall–Kier alpha value is -2.13. The highest BCUT2D eigenvalue weighted by atomic mass is 32.2. The number of amides is 2. The smallest absolute Gasteiger partial charge is 0.265 e. The average molecular weight is 438 g/mol. The highest BCUT2D eigenvalue weighted by Crippen LogP contribution is 2.36. The molecule has 0 saturated carbocycles. The fourth-order valence-electron chi connectivity index (χ4n) is 4.13. The van der Waals surface area contributed by atoms with Crippen molar-refractivity contribution in [2.75, 3.05) is 31.5 Å². The minimum Gasteiger partial charge on any atom is -0.478 e. The zero-order valence-electron chi connectivity index (χ0n) is 18.1. The number of carbonyl (C=O) groups is 2. The Bertz CT molecular complexity index is 927. The van der Waals surface area contributed by atoms with E-state index in [-0.39, 0.29) is 29.2 Å². The molecule has 0 bridgehead atoms. The van der Waals surface area contributed by atoms with Crippen molar-refractivity contribution in [2.24, 2.45) is 5.92 Å². The Labute approximate surface area is 178 Å². The van der Waals surface area contributed by atoms with Crippen LogP contribution in [-0.4, -0.2) is 61.7 Å². The number of ether oxygens (including phenoxy) is 1. The number of aryl methyl sites for hydroxylation is 1. The summed E-state index contributed by atoms with van der Waals surface area (Å²) in [7, 11) is -3.80. The van der Waals surface area contributed by atoms with Crippen molar-refractivity contribution in [1.29, 1.82) is 0 Å². The summed E-state index contributed by atoms with van der Waals surface area (Å²) in [5, 5.41) is 2.78. The van der Waals surface area contributed by atoms with E-state index in [0.29, 0.717) is 55.9 Å². The number of hydrogen-bond acceptors (Lipinski definition) is 5. The summed E-state index contributed by atoms with van der Waals surface area (Å²) in [6.07, 6.45) is 1.19. The monoisotopic (exact) mass is 437 g/mol. The number of benzene rings is 1. The first-order valence-electron chi connectivity index (χ1n) is 10.6. The molecule has 1 fully saturated rings. The molecule has 9 heteroatoms. The van der Waals surface area contributed by atoms with Crippen LogP contribution in [0.3, 0.4) is 0 Å². The molecule has 0 aromatic heterocycles. The van der Waals surface area contributed by atoms with Crippen molar-refractivity contribution in [3.63, 3.8) is 0 Å². The quantitative estimate of drug-likeness (QED) is 0.737. The topological polar surface area (TPSA) is 96.0 Å². The van der Waals surface area contributed by atoms with E-state index >= 15 is 0 Å². The van der Waals surface area contributed by atoms with Crippen LogP contribution in [0.4, 0.5) is 5.69 Å². The van der Waals surface area contributed by atoms with E-state index in [1.165, 1.54) is 10.4 Å². The van der Waals surface area contributed by atoms with Gasteiger partial charge in [0.2, 0.25) is 15.9 Å². The van der Waals surface area contributed by atoms with Crippen molar-refractivity contribution < 1.29 is 22.7 Å². The normalized spacial score (nSPS) is 22.1. The maximum atomic E-state index is 13.4. The van der Waals surface area contributed by atoms with Gasteiger partial charge < -0.3 is 15.0 Å². The number of carbonyl (C=O) groups excluding carboxylic acids is 2. The first-order valence-corrected chi connectivity index (χ1v) is 12.1. The molecule has 1 N–H and O–H groups in total. The number of rotatable bonds is 6. The maximum Gasteiger partial charge on any atom is 0.265 e. The maximum absolute atomic E-state index is 13.4. The van der Waals surface area contributed by atoms with E-state index in [1.54, 1.807) is 17.9 Å². The highest BCUT2D eigenvalue weighted by molar-refractivity contribution is 7.89. The van der Waals surface area contributed by atoms with Crippen molar-refractivity contribution in [1.82, 2.24) is 9.21 Å². The van der Waals surface area contributed by atoms with E-state index in [1.807, 2.05) is 20.8 Å². The molecule has 2 atom stereocenters. The van der Waals surface area contributed by atoms with Gasteiger partial charge in [0.1, 0.15) is 5.75 Å². The predicted octanol–water partition coefficient (Wildman–Crippen LogP) is 2.37. The largest absolute Gasteiger partial charge is 0.478 e. The fraction of sp³-hybridized carbons (Fsp3) is 0.619. The second-order valence-corrected chi connectivity index (χ2v) is 9.74. The molecule has 2 aliphatic heterocycles. The molecule has 1 aromatic carbocycles. The van der Waals surface area contributed by atoms with E-state index < -0.39 is 16.1 Å². The molecule has 0 spiro atoms. The Morgan fingerprint density at radius 3 is 2.60 bits per heavy atom. The third kappa shape index (κ3) is 4.18. The van der Waals surface area contributed by atoms with Crippen molar-refractivity contribution >= 4 is 27.5 Å². The van der Waals surface area contributed by atoms with Crippen molar-refractivity contribution in [3.05, 3.63) is 17.7 Å². The van der Waals surface area contributed by atoms with Crippen LogP contribution in [0, 0.1) is 12.8 Å². The molecule has 3 rings (SSSR count). The summed E-state index contributed by atoms with van der Waals surface area (Å²) in [4.78, 5) is 26.7. The van der Waals surface area contributed by atoms with Crippen molar-refractivity contribution in [3.8, 4) is 5.75 Å². The summed E-state index contributed by atoms with van der Waals surface area (Å²) in [5.74, 6) is -0.183. The predicted molar refractivity (Wildman–Crippen MR) is 114 cm³/mol. The van der Waals surface area contributed by atoms with E-state index in [2.05, 4.69) is 5.32 Å². The third-order valence-electron chi connectivity index (χ3n) is 5.89. The Balaban J connectivity index is 1.88. The zero-order chi connectivity index (χ0) is 22.1. The lowest BCUT2D eigenvalue weighted by molar-refractivity contribution is -0.136. The van der Waals surface area contributed by atoms with Gasteiger partial charge in [-0.2, -0.15) is 4.31 Å². The summed E-state index contributed by atoms with van der Waals surface area (Å²) in [6, 6.07) is 3.13. The first-order chi connectivity index (χ1) is 14.2. The van der Waals surface area contributed by atoms with Gasteiger partial charge in [0, 0.05) is 32.2 Å². The van der Waals surface area contributed by atoms with Gasteiger partial charge in [-0.05, 0) is 51.7 Å². The van der Waals surface area contributed by atoms with Crippen LogP contribution >= 0.6 is 0 Å². The second kappa shape index (κ2) is 8.93. The van der Waals surface area contributed by atoms with Gasteiger partial charge in [-0.3, -0.25) is 9.59 Å². The Kier molecular flexibility index (Phi) is 6.71. The molecule has 0 radical (unpaired) electrons. The summed E-state index contributed by atoms with van der Waals surface area (Å²) < 4.78 is 34.0. The van der Waals surface area contributed by atoms with E-state index in [0.717, 1.165) is 0 Å². The van der Waals surface area contributed by atoms with Crippen LogP contribution in [0.15, 0.2) is 17.0 Å². The second-order valence-electron chi connectivity index (χ2n) is 7.83. The molecule has 0 aliphatic carbocycles. The molecule has 2 amide bonds. The number of sulfonamides is 1. The van der Waals surface area contributed by atoms with E-state index in [4.69, 9.17) is 4.74 Å². The van der Waals surface area contributed by atoms with Crippen LogP contribution in [0.1, 0.15) is 45.6 Å². The third-order valence-corrected chi connectivity index (χ3v) is 7.90. The standard InChI is InChI=1S/C21H31N3O5S/c1-5-17-20(25)22-16-11-14(4)19(12-18(16)29-17)30(27,28)24-10-8-9-15(13-24)21(26)23(6-2)7-3/h11-12,15,17H,5-10,13H2,1-4H3,(H,22,25)/t15-,17-/m1/s1. The number of hydrogen-bond donors (Lipinski definition) is 1. The summed E-state index contributed by atoms with van der Waals surface area (Å²) in [5.41, 5.74) is 1.01. The first kappa shape index (κ1) is 22.6. The molecule has 2 heterocycles. The lowest BCUT2D eigenvalue weighted by atomic mass is 9.98. The van der Waals surface area contributed by atoms with Gasteiger partial charge in [-0.1, -0.05) is 6.92 Å². The van der Waals surface area contributed by atoms with Crippen LogP contribution in [0.5, 0.6) is 5.75 Å². The lowest BCUT2D eigenvalue weighted by Crippen LogP contribution is -2.46. The molecule has 1 aromatic rings. The molecule has 8 nitrogen and oxygen atoms in total. The van der Waals surface area contributed by atoms with Gasteiger partial charge in [0.25, 0.3) is 5.91 Å². The molecule has 0 unspecified atom stereocenters. The van der Waals surface area contributed by atoms with E-state index in [9.17, 15) is 18.0 Å². The highest BCUT2D eigenvalue weighted by Gasteiger charge is 2.36. The number of fused-ring (bicyclic) bond motifs is 1. The van der Waals surface area contributed by atoms with Gasteiger partial charge in [-0.15, -0.1) is 0 Å². The number of piperidine rings is 1. The summed E-state index contributed by atoms with van der Waals surface area (Å²) in [6.45, 7) is 9.19. The van der Waals surface area contributed by atoms with Crippen LogP contribution in [-0.2, 0) is 19.6 Å². The van der Waals surface area contributed by atoms with Crippen LogP contribution in [0.25, 0.3) is 0 Å². The number of anilines is 1. The molecular formula is C21H31N3O5S. The Morgan fingerprint density at radius 2 is 1.97 bits per heavy atom. The van der Waals surface area contributed by atoms with Crippen molar-refractivity contribution in [2.45, 2.75) is 58.0 Å². The molecule has 1 saturated heterocycles. The molecule has 2 aliphatic rings. The molecule has 30 heavy (non-hydrogen) atoms. The molecular weight excluding hydrogens is 406 g/mol. The lowest BCUT2D eigenvalue weighted by Gasteiger charge is -2.34. The minimum absolute atomic E-state index is 0.0129. The van der Waals surface area contributed by atoms with Crippen LogP contribution in [0.2, 0.25) is 0 Å². The van der Waals surface area contributed by atoms with Gasteiger partial charge in [0.15, 0.2) is 6.10 Å². The number of nitrogens with zero attached hydrogens (tertiary/aromatic N) is 2. The van der Waals surface area contributed by atoms with Gasteiger partial charge >= 0.3 is 0 Å². The summed E-state index contributed by atoms with van der Waals surface area (Å²) >= 11 is 0. The van der Waals surface area contributed by atoms with Gasteiger partial charge in [0.05, 0.1) is 16.5 Å². The molecule has 166 valence electrons. The fourth-order valence-corrected chi connectivity index (χ4v) is 5.87. The van der Waals surface area contributed by atoms with Gasteiger partial charge in [-0.25, -0.2) is 8.42 Å². The van der Waals surface area contributed by atoms with Crippen LogP contribution < -0.4 is 10.1 Å².